The molecule has 19 heavy (non-hydrogen) atoms. The number of fused-ring (bicyclic) bond motifs is 1. The van der Waals surface area contributed by atoms with Gasteiger partial charge in [0.15, 0.2) is 5.82 Å². The van der Waals surface area contributed by atoms with Gasteiger partial charge in [0.05, 0.1) is 18.1 Å². The lowest BCUT2D eigenvalue weighted by molar-refractivity contribution is 0.394. The molecule has 1 aromatic carbocycles. The zero-order chi connectivity index (χ0) is 13.2. The smallest absolute Gasteiger partial charge is 0.257 e. The molecular formula is C14H18N4O. The molecule has 0 aliphatic carbocycles. The number of anilines is 1. The number of ether oxygens (including phenoxy) is 1. The number of nitrogens with two attached hydrogens (primary N) is 1. The van der Waals surface area contributed by atoms with Gasteiger partial charge in [-0.1, -0.05) is 12.1 Å². The maximum atomic E-state index is 6.04. The minimum absolute atomic E-state index is 0.201. The summed E-state index contributed by atoms with van der Waals surface area (Å²) in [5.41, 5.74) is 7.77. The first-order valence-corrected chi connectivity index (χ1v) is 6.59. The molecule has 0 spiro atoms. The molecule has 1 aliphatic rings. The molecular weight excluding hydrogens is 240 g/mol. The summed E-state index contributed by atoms with van der Waals surface area (Å²) in [6.45, 7) is 1.76. The van der Waals surface area contributed by atoms with Gasteiger partial charge < -0.3 is 15.4 Å². The second-order valence-electron chi connectivity index (χ2n) is 4.89. The van der Waals surface area contributed by atoms with E-state index in [4.69, 9.17) is 10.5 Å². The van der Waals surface area contributed by atoms with Gasteiger partial charge in [-0.2, -0.15) is 0 Å². The standard InChI is InChI=1S/C14H18N4O/c1-19-14-13(18-8-4-5-10(15)9-18)16-11-6-2-3-7-12(11)17-14/h2-3,6-7,10H,4-5,8-9,15H2,1H3/t10-/m0/s1. The van der Waals surface area contributed by atoms with E-state index >= 15 is 0 Å². The summed E-state index contributed by atoms with van der Waals surface area (Å²) in [4.78, 5) is 11.4. The van der Waals surface area contributed by atoms with E-state index in [9.17, 15) is 0 Å². The lowest BCUT2D eigenvalue weighted by Gasteiger charge is -2.32. The quantitative estimate of drug-likeness (QED) is 0.885. The molecule has 0 amide bonds. The number of hydrogen-bond donors (Lipinski definition) is 1. The molecule has 0 radical (unpaired) electrons. The summed E-state index contributed by atoms with van der Waals surface area (Å²) in [6.07, 6.45) is 2.15. The molecule has 0 unspecified atom stereocenters. The van der Waals surface area contributed by atoms with Crippen molar-refractivity contribution in [1.29, 1.82) is 0 Å². The number of piperidine rings is 1. The zero-order valence-electron chi connectivity index (χ0n) is 11.0. The fourth-order valence-electron chi connectivity index (χ4n) is 2.52. The highest BCUT2D eigenvalue weighted by Gasteiger charge is 2.22. The average molecular weight is 258 g/mol. The van der Waals surface area contributed by atoms with Crippen molar-refractivity contribution in [1.82, 2.24) is 9.97 Å². The third kappa shape index (κ3) is 2.33. The minimum Gasteiger partial charge on any atom is -0.478 e. The molecule has 0 saturated carbocycles. The van der Waals surface area contributed by atoms with Crippen molar-refractivity contribution in [3.63, 3.8) is 0 Å². The summed E-state index contributed by atoms with van der Waals surface area (Å²) in [5, 5.41) is 0. The third-order valence-corrected chi connectivity index (χ3v) is 3.47. The van der Waals surface area contributed by atoms with E-state index < -0.39 is 0 Å². The van der Waals surface area contributed by atoms with Crippen molar-refractivity contribution in [2.75, 3.05) is 25.1 Å². The Balaban J connectivity index is 2.05. The maximum absolute atomic E-state index is 6.04. The highest BCUT2D eigenvalue weighted by atomic mass is 16.5. The summed E-state index contributed by atoms with van der Waals surface area (Å²) >= 11 is 0. The molecule has 1 fully saturated rings. The van der Waals surface area contributed by atoms with Crippen LogP contribution < -0.4 is 15.4 Å². The topological polar surface area (TPSA) is 64.3 Å². The second-order valence-corrected chi connectivity index (χ2v) is 4.89. The SMILES string of the molecule is COc1nc2ccccc2nc1N1CCC[C@H](N)C1. The lowest BCUT2D eigenvalue weighted by Crippen LogP contribution is -2.43. The van der Waals surface area contributed by atoms with E-state index in [-0.39, 0.29) is 6.04 Å². The summed E-state index contributed by atoms with van der Waals surface area (Å²) in [6, 6.07) is 8.03. The van der Waals surface area contributed by atoms with Crippen LogP contribution in [0.2, 0.25) is 0 Å². The Morgan fingerprint density at radius 2 is 2.00 bits per heavy atom. The van der Waals surface area contributed by atoms with Gasteiger partial charge in [-0.05, 0) is 25.0 Å². The van der Waals surface area contributed by atoms with Crippen molar-refractivity contribution in [3.05, 3.63) is 24.3 Å². The Hall–Kier alpha value is -1.88. The number of aromatic nitrogens is 2. The number of rotatable bonds is 2. The highest BCUT2D eigenvalue weighted by Crippen LogP contribution is 2.28. The van der Waals surface area contributed by atoms with E-state index in [1.165, 1.54) is 0 Å². The normalized spacial score (nSPS) is 19.7. The van der Waals surface area contributed by atoms with Crippen molar-refractivity contribution in [2.24, 2.45) is 5.73 Å². The fraction of sp³-hybridized carbons (Fsp3) is 0.429. The van der Waals surface area contributed by atoms with Crippen molar-refractivity contribution >= 4 is 16.9 Å². The van der Waals surface area contributed by atoms with Crippen LogP contribution in [0.5, 0.6) is 5.88 Å². The van der Waals surface area contributed by atoms with Crippen molar-refractivity contribution in [3.8, 4) is 5.88 Å². The fourth-order valence-corrected chi connectivity index (χ4v) is 2.52. The molecule has 1 atom stereocenters. The Morgan fingerprint density at radius 1 is 1.26 bits per heavy atom. The predicted molar refractivity (Wildman–Crippen MR) is 75.5 cm³/mol. The summed E-state index contributed by atoms with van der Waals surface area (Å²) < 4.78 is 5.39. The number of nitrogens with zero attached hydrogens (tertiary/aromatic N) is 3. The van der Waals surface area contributed by atoms with Crippen LogP contribution in [0.15, 0.2) is 24.3 Å². The van der Waals surface area contributed by atoms with Gasteiger partial charge in [0.2, 0.25) is 0 Å². The first kappa shape index (κ1) is 12.2. The number of benzene rings is 1. The Bertz CT molecular complexity index is 587. The van der Waals surface area contributed by atoms with Crippen LogP contribution in [0.3, 0.4) is 0 Å². The van der Waals surface area contributed by atoms with Crippen LogP contribution in [0.1, 0.15) is 12.8 Å². The highest BCUT2D eigenvalue weighted by molar-refractivity contribution is 5.77. The molecule has 3 rings (SSSR count). The van der Waals surface area contributed by atoms with E-state index in [1.807, 2.05) is 24.3 Å². The molecule has 2 N–H and O–H groups in total. The van der Waals surface area contributed by atoms with E-state index in [0.717, 1.165) is 42.8 Å². The largest absolute Gasteiger partial charge is 0.478 e. The van der Waals surface area contributed by atoms with Crippen LogP contribution in [0.4, 0.5) is 5.82 Å². The van der Waals surface area contributed by atoms with E-state index in [2.05, 4.69) is 14.9 Å². The molecule has 5 heteroatoms. The van der Waals surface area contributed by atoms with Crippen LogP contribution in [0.25, 0.3) is 11.0 Å². The third-order valence-electron chi connectivity index (χ3n) is 3.47. The molecule has 2 heterocycles. The summed E-state index contributed by atoms with van der Waals surface area (Å²) in [7, 11) is 1.63. The van der Waals surface area contributed by atoms with Crippen LogP contribution in [-0.2, 0) is 0 Å². The minimum atomic E-state index is 0.201. The zero-order valence-corrected chi connectivity index (χ0v) is 11.0. The van der Waals surface area contributed by atoms with Gasteiger partial charge in [-0.15, -0.1) is 0 Å². The Labute approximate surface area is 112 Å². The van der Waals surface area contributed by atoms with E-state index in [0.29, 0.717) is 5.88 Å². The Kier molecular flexibility index (Phi) is 3.21. The molecule has 1 aliphatic heterocycles. The molecule has 1 saturated heterocycles. The lowest BCUT2D eigenvalue weighted by atomic mass is 10.1. The predicted octanol–water partition coefficient (Wildman–Crippen LogP) is 1.57. The van der Waals surface area contributed by atoms with Gasteiger partial charge in [0, 0.05) is 19.1 Å². The molecule has 0 bridgehead atoms. The van der Waals surface area contributed by atoms with Gasteiger partial charge >= 0.3 is 0 Å². The first-order chi connectivity index (χ1) is 9.28. The Morgan fingerprint density at radius 3 is 2.68 bits per heavy atom. The van der Waals surface area contributed by atoms with Gasteiger partial charge in [-0.3, -0.25) is 0 Å². The van der Waals surface area contributed by atoms with Gasteiger partial charge in [0.25, 0.3) is 5.88 Å². The molecule has 100 valence electrons. The number of para-hydroxylation sites is 2. The monoisotopic (exact) mass is 258 g/mol. The number of hydrogen-bond acceptors (Lipinski definition) is 5. The molecule has 5 nitrogen and oxygen atoms in total. The first-order valence-electron chi connectivity index (χ1n) is 6.59. The van der Waals surface area contributed by atoms with Crippen LogP contribution >= 0.6 is 0 Å². The average Bonchev–Trinajstić information content (AvgIpc) is 2.46. The molecule has 2 aromatic rings. The molecule has 1 aromatic heterocycles. The summed E-state index contributed by atoms with van der Waals surface area (Å²) in [5.74, 6) is 1.38. The van der Waals surface area contributed by atoms with Gasteiger partial charge in [-0.25, -0.2) is 9.97 Å². The van der Waals surface area contributed by atoms with Crippen LogP contribution in [0, 0.1) is 0 Å². The van der Waals surface area contributed by atoms with Gasteiger partial charge in [0.1, 0.15) is 0 Å². The second kappa shape index (κ2) is 5.01. The van der Waals surface area contributed by atoms with Crippen LogP contribution in [-0.4, -0.2) is 36.2 Å². The number of methoxy groups -OCH3 is 1. The van der Waals surface area contributed by atoms with Crippen molar-refractivity contribution in [2.45, 2.75) is 18.9 Å². The van der Waals surface area contributed by atoms with E-state index in [1.54, 1.807) is 7.11 Å². The maximum Gasteiger partial charge on any atom is 0.257 e. The van der Waals surface area contributed by atoms with Crippen molar-refractivity contribution < 1.29 is 4.74 Å².